The average Bonchev–Trinajstić information content (AvgIpc) is 2.50. The second kappa shape index (κ2) is 11.2. The maximum atomic E-state index is 12.3. The molecule has 2 atom stereocenters. The lowest BCUT2D eigenvalue weighted by Crippen LogP contribution is -2.37. The minimum absolute atomic E-state index is 0.00296. The predicted molar refractivity (Wildman–Crippen MR) is 102 cm³/mol. The maximum Gasteiger partial charge on any atom is 0.220 e. The van der Waals surface area contributed by atoms with Gasteiger partial charge in [0.15, 0.2) is 0 Å². The average molecular weight is 337 g/mol. The lowest BCUT2D eigenvalue weighted by atomic mass is 9.94. The van der Waals surface area contributed by atoms with Crippen molar-refractivity contribution in [1.82, 2.24) is 10.6 Å². The van der Waals surface area contributed by atoms with Crippen LogP contribution in [0.5, 0.6) is 0 Å². The number of hydrogen-bond acceptors (Lipinski definition) is 3. The van der Waals surface area contributed by atoms with E-state index >= 15 is 0 Å². The van der Waals surface area contributed by atoms with E-state index < -0.39 is 0 Å². The largest absolute Gasteiger partial charge is 0.350 e. The third-order valence-electron chi connectivity index (χ3n) is 4.45. The number of rotatable bonds is 12. The van der Waals surface area contributed by atoms with Crippen LogP contribution in [0.15, 0.2) is 24.3 Å². The first-order valence-electron chi connectivity index (χ1n) is 8.93. The first-order valence-corrected chi connectivity index (χ1v) is 8.93. The van der Waals surface area contributed by atoms with Crippen LogP contribution in [0.2, 0.25) is 0 Å². The molecule has 0 aromatic rings. The van der Waals surface area contributed by atoms with Gasteiger partial charge in [0.1, 0.15) is 5.78 Å². The van der Waals surface area contributed by atoms with Gasteiger partial charge in [0.2, 0.25) is 5.91 Å². The van der Waals surface area contributed by atoms with Crippen molar-refractivity contribution in [3.63, 3.8) is 0 Å². The van der Waals surface area contributed by atoms with Crippen LogP contribution in [0, 0.1) is 11.8 Å². The molecule has 0 heterocycles. The summed E-state index contributed by atoms with van der Waals surface area (Å²) in [6.45, 7) is 18.0. The van der Waals surface area contributed by atoms with Gasteiger partial charge in [0, 0.05) is 30.8 Å². The van der Waals surface area contributed by atoms with Crippen molar-refractivity contribution < 1.29 is 9.59 Å². The molecule has 0 fully saturated rings. The van der Waals surface area contributed by atoms with Crippen molar-refractivity contribution in [2.45, 2.75) is 72.4 Å². The zero-order valence-electron chi connectivity index (χ0n) is 16.4. The first-order chi connectivity index (χ1) is 11.1. The van der Waals surface area contributed by atoms with Crippen LogP contribution in [0.3, 0.4) is 0 Å². The van der Waals surface area contributed by atoms with Gasteiger partial charge >= 0.3 is 0 Å². The molecule has 0 rings (SSSR count). The number of hydrogen-bond donors (Lipinski definition) is 2. The lowest BCUT2D eigenvalue weighted by molar-refractivity contribution is -0.123. The fourth-order valence-electron chi connectivity index (χ4n) is 2.48. The van der Waals surface area contributed by atoms with Gasteiger partial charge in [-0.3, -0.25) is 9.59 Å². The predicted octanol–water partition coefficient (Wildman–Crippen LogP) is 3.63. The summed E-state index contributed by atoms with van der Waals surface area (Å²) in [5.74, 6) is 0.636. The summed E-state index contributed by atoms with van der Waals surface area (Å²) in [6.07, 6.45) is 2.23. The lowest BCUT2D eigenvalue weighted by Gasteiger charge is -2.23. The second-order valence-electron chi connectivity index (χ2n) is 7.24. The van der Waals surface area contributed by atoms with Crippen LogP contribution >= 0.6 is 0 Å². The Morgan fingerprint density at radius 3 is 1.88 bits per heavy atom. The van der Waals surface area contributed by atoms with E-state index in [9.17, 15) is 9.59 Å². The van der Waals surface area contributed by atoms with Crippen LogP contribution in [0.1, 0.15) is 60.3 Å². The number of carbonyl (C=O) groups excluding carboxylic acids is 2. The molecular weight excluding hydrogens is 300 g/mol. The van der Waals surface area contributed by atoms with Gasteiger partial charge in [-0.25, -0.2) is 0 Å². The second-order valence-corrected chi connectivity index (χ2v) is 7.24. The Labute approximate surface area is 148 Å². The molecule has 4 heteroatoms. The zero-order chi connectivity index (χ0) is 18.9. The van der Waals surface area contributed by atoms with E-state index in [4.69, 9.17) is 0 Å². The summed E-state index contributed by atoms with van der Waals surface area (Å²) in [5, 5.41) is 6.24. The highest BCUT2D eigenvalue weighted by atomic mass is 16.1. The topological polar surface area (TPSA) is 58.2 Å². The van der Waals surface area contributed by atoms with Gasteiger partial charge in [-0.2, -0.15) is 0 Å². The summed E-state index contributed by atoms with van der Waals surface area (Å²) >= 11 is 0. The minimum Gasteiger partial charge on any atom is -0.350 e. The molecule has 4 nitrogen and oxygen atoms in total. The van der Waals surface area contributed by atoms with E-state index in [0.29, 0.717) is 31.6 Å². The smallest absolute Gasteiger partial charge is 0.220 e. The highest BCUT2D eigenvalue weighted by Gasteiger charge is 2.18. The Morgan fingerprint density at radius 2 is 1.46 bits per heavy atom. The fraction of sp³-hybridized carbons (Fsp3) is 0.700. The summed E-state index contributed by atoms with van der Waals surface area (Å²) in [6, 6.07) is 0.00285. The van der Waals surface area contributed by atoms with Crippen molar-refractivity contribution in [2.24, 2.45) is 11.8 Å². The third-order valence-corrected chi connectivity index (χ3v) is 4.45. The molecule has 0 aromatic carbocycles. The van der Waals surface area contributed by atoms with Crippen LogP contribution in [-0.2, 0) is 9.59 Å². The molecule has 0 radical (unpaired) electrons. The molecule has 1 amide bonds. The molecule has 24 heavy (non-hydrogen) atoms. The summed E-state index contributed by atoms with van der Waals surface area (Å²) in [4.78, 5) is 24.0. The molecule has 0 saturated heterocycles. The first kappa shape index (κ1) is 22.6. The Bertz CT molecular complexity index is 453. The molecule has 2 unspecified atom stereocenters. The van der Waals surface area contributed by atoms with E-state index in [1.54, 1.807) is 0 Å². The summed E-state index contributed by atoms with van der Waals surface area (Å²) in [5.41, 5.74) is 2.00. The SMILES string of the molecule is C=C(C)C(CCC(=O)C(C)C)NC(=O)CCC(NC)C(=C)C(C)C. The van der Waals surface area contributed by atoms with E-state index in [1.807, 2.05) is 27.8 Å². The molecule has 0 aliphatic carbocycles. The standard InChI is InChI=1S/C20H36N2O2/c1-13(2)16(7)18(21-8)10-12-20(24)22-17(14(3)4)9-11-19(23)15(5)6/h13,15,17-18,21H,3,7,9-12H2,1-2,4-6,8H3,(H,22,24). The maximum absolute atomic E-state index is 12.3. The normalized spacial score (nSPS) is 13.7. The van der Waals surface area contributed by atoms with Gasteiger partial charge in [-0.15, -0.1) is 0 Å². The molecule has 0 aliphatic rings. The number of nitrogens with one attached hydrogen (secondary N) is 2. The number of likely N-dealkylation sites (N-methyl/N-ethyl adjacent to an activating group) is 1. The van der Waals surface area contributed by atoms with Crippen molar-refractivity contribution >= 4 is 11.7 Å². The summed E-state index contributed by atoms with van der Waals surface area (Å²) < 4.78 is 0. The van der Waals surface area contributed by atoms with Gasteiger partial charge in [-0.1, -0.05) is 52.0 Å². The van der Waals surface area contributed by atoms with Crippen molar-refractivity contribution in [1.29, 1.82) is 0 Å². The van der Waals surface area contributed by atoms with Gasteiger partial charge in [0.05, 0.1) is 0 Å². The van der Waals surface area contributed by atoms with Gasteiger partial charge in [-0.05, 0) is 32.7 Å². The van der Waals surface area contributed by atoms with Crippen LogP contribution < -0.4 is 10.6 Å². The van der Waals surface area contributed by atoms with E-state index in [-0.39, 0.29) is 29.7 Å². The highest BCUT2D eigenvalue weighted by Crippen LogP contribution is 2.16. The zero-order valence-corrected chi connectivity index (χ0v) is 16.4. The van der Waals surface area contributed by atoms with Crippen LogP contribution in [-0.4, -0.2) is 30.8 Å². The Kier molecular flexibility index (Phi) is 10.5. The third kappa shape index (κ3) is 8.44. The molecule has 0 bridgehead atoms. The fourth-order valence-corrected chi connectivity index (χ4v) is 2.48. The molecule has 0 saturated carbocycles. The molecule has 0 aliphatic heterocycles. The number of amides is 1. The minimum atomic E-state index is -0.137. The van der Waals surface area contributed by atoms with E-state index in [1.165, 1.54) is 0 Å². The van der Waals surface area contributed by atoms with Crippen LogP contribution in [0.4, 0.5) is 0 Å². The Balaban J connectivity index is 4.50. The van der Waals surface area contributed by atoms with Crippen LogP contribution in [0.25, 0.3) is 0 Å². The van der Waals surface area contributed by atoms with Gasteiger partial charge in [0.25, 0.3) is 0 Å². The molecule has 2 N–H and O–H groups in total. The van der Waals surface area contributed by atoms with Gasteiger partial charge < -0.3 is 10.6 Å². The van der Waals surface area contributed by atoms with E-state index in [2.05, 4.69) is 37.6 Å². The number of Topliss-reactive ketones (excluding diaryl/α,β-unsaturated/α-hetero) is 1. The number of ketones is 1. The van der Waals surface area contributed by atoms with Crippen molar-refractivity contribution in [2.75, 3.05) is 7.05 Å². The Morgan fingerprint density at radius 1 is 0.917 bits per heavy atom. The molecule has 0 spiro atoms. The monoisotopic (exact) mass is 336 g/mol. The Hall–Kier alpha value is -1.42. The molecule has 0 aromatic heterocycles. The van der Waals surface area contributed by atoms with E-state index in [0.717, 1.165) is 11.1 Å². The quantitative estimate of drug-likeness (QED) is 0.535. The summed E-state index contributed by atoms with van der Waals surface area (Å²) in [7, 11) is 1.89. The van der Waals surface area contributed by atoms with Crippen molar-refractivity contribution in [3.8, 4) is 0 Å². The van der Waals surface area contributed by atoms with Crippen molar-refractivity contribution in [3.05, 3.63) is 24.3 Å². The highest BCUT2D eigenvalue weighted by molar-refractivity contribution is 5.80. The molecule has 138 valence electrons. The molecular formula is C20H36N2O2. The number of carbonyl (C=O) groups is 2.